The lowest BCUT2D eigenvalue weighted by molar-refractivity contribution is -0.117. The molecule has 0 spiro atoms. The molecule has 29 heavy (non-hydrogen) atoms. The van der Waals surface area contributed by atoms with Crippen LogP contribution >= 0.6 is 0 Å². The Labute approximate surface area is 167 Å². The van der Waals surface area contributed by atoms with E-state index in [9.17, 15) is 9.18 Å². The summed E-state index contributed by atoms with van der Waals surface area (Å²) >= 11 is 0. The summed E-state index contributed by atoms with van der Waals surface area (Å²) < 4.78 is 13.1. The number of hydrogen-bond acceptors (Lipinski definition) is 6. The summed E-state index contributed by atoms with van der Waals surface area (Å²) in [4.78, 5) is 31.6. The standard InChI is InChI=1S/C21H19FN6O/c1-12-2-3-15(8-16(12)20-24-9-14(22)10-25-20)27-21(29)18-7-13-6-17(13)28(18)19-4-5-23-11-26-19/h2-5,8-11,13,17-18H,6-7H2,1H3,(H,27,29)/t13-,17-,18+/m1/s1. The molecule has 1 amide bonds. The number of piperidine rings is 1. The molecule has 1 aromatic carbocycles. The zero-order valence-electron chi connectivity index (χ0n) is 15.8. The fourth-order valence-corrected chi connectivity index (χ4v) is 4.07. The van der Waals surface area contributed by atoms with E-state index in [0.717, 1.165) is 42.2 Å². The van der Waals surface area contributed by atoms with Gasteiger partial charge in [0.15, 0.2) is 11.6 Å². The Hall–Kier alpha value is -3.42. The van der Waals surface area contributed by atoms with Crippen molar-refractivity contribution in [1.82, 2.24) is 19.9 Å². The van der Waals surface area contributed by atoms with E-state index in [-0.39, 0.29) is 11.9 Å². The van der Waals surface area contributed by atoms with Gasteiger partial charge in [-0.25, -0.2) is 24.3 Å². The molecule has 2 aliphatic rings. The number of fused-ring (bicyclic) bond motifs is 1. The normalized spacial score (nSPS) is 22.3. The van der Waals surface area contributed by atoms with E-state index in [1.807, 2.05) is 31.2 Å². The van der Waals surface area contributed by atoms with Crippen molar-refractivity contribution in [3.63, 3.8) is 0 Å². The van der Waals surface area contributed by atoms with Crippen LogP contribution in [0.4, 0.5) is 15.9 Å². The predicted octanol–water partition coefficient (Wildman–Crippen LogP) is 2.99. The number of anilines is 2. The summed E-state index contributed by atoms with van der Waals surface area (Å²) in [6.07, 6.45) is 7.40. The lowest BCUT2D eigenvalue weighted by Gasteiger charge is -2.27. The Bertz CT molecular complexity index is 1060. The first-order valence-corrected chi connectivity index (χ1v) is 9.54. The van der Waals surface area contributed by atoms with Gasteiger partial charge < -0.3 is 10.2 Å². The summed E-state index contributed by atoms with van der Waals surface area (Å²) in [5, 5.41) is 3.02. The van der Waals surface area contributed by atoms with E-state index in [2.05, 4.69) is 30.2 Å². The van der Waals surface area contributed by atoms with E-state index < -0.39 is 5.82 Å². The van der Waals surface area contributed by atoms with Gasteiger partial charge in [-0.05, 0) is 49.4 Å². The van der Waals surface area contributed by atoms with Crippen molar-refractivity contribution < 1.29 is 9.18 Å². The van der Waals surface area contributed by atoms with Gasteiger partial charge >= 0.3 is 0 Å². The first-order chi connectivity index (χ1) is 14.1. The maximum Gasteiger partial charge on any atom is 0.247 e. The second-order valence-electron chi connectivity index (χ2n) is 7.53. The van der Waals surface area contributed by atoms with Crippen LogP contribution in [-0.2, 0) is 4.79 Å². The van der Waals surface area contributed by atoms with Crippen molar-refractivity contribution >= 4 is 17.4 Å². The number of aromatic nitrogens is 4. The van der Waals surface area contributed by atoms with Gasteiger partial charge in [0.1, 0.15) is 18.2 Å². The van der Waals surface area contributed by atoms with Gasteiger partial charge in [0.25, 0.3) is 0 Å². The van der Waals surface area contributed by atoms with Crippen LogP contribution in [0.15, 0.2) is 49.2 Å². The zero-order chi connectivity index (χ0) is 20.0. The molecule has 0 bridgehead atoms. The van der Waals surface area contributed by atoms with Crippen LogP contribution in [0.1, 0.15) is 18.4 Å². The summed E-state index contributed by atoms with van der Waals surface area (Å²) in [5.41, 5.74) is 2.36. The molecule has 0 radical (unpaired) electrons. The summed E-state index contributed by atoms with van der Waals surface area (Å²) in [5.74, 6) is 1.20. The highest BCUT2D eigenvalue weighted by Crippen LogP contribution is 2.49. The number of hydrogen-bond donors (Lipinski definition) is 1. The number of halogens is 1. The number of amides is 1. The Kier molecular flexibility index (Phi) is 4.19. The molecule has 3 heterocycles. The highest BCUT2D eigenvalue weighted by molar-refractivity contribution is 5.98. The second kappa shape index (κ2) is 6.88. The fourth-order valence-electron chi connectivity index (χ4n) is 4.07. The van der Waals surface area contributed by atoms with Gasteiger partial charge in [0, 0.05) is 23.5 Å². The van der Waals surface area contributed by atoms with E-state index in [4.69, 9.17) is 0 Å². The van der Waals surface area contributed by atoms with Crippen LogP contribution in [0.3, 0.4) is 0 Å². The molecule has 1 N–H and O–H groups in total. The molecule has 5 rings (SSSR count). The van der Waals surface area contributed by atoms with Gasteiger partial charge in [-0.3, -0.25) is 4.79 Å². The number of rotatable bonds is 4. The Morgan fingerprint density at radius 2 is 2.00 bits per heavy atom. The topological polar surface area (TPSA) is 83.9 Å². The Morgan fingerprint density at radius 1 is 1.17 bits per heavy atom. The minimum Gasteiger partial charge on any atom is -0.341 e. The van der Waals surface area contributed by atoms with Crippen LogP contribution in [0.25, 0.3) is 11.4 Å². The van der Waals surface area contributed by atoms with Gasteiger partial charge in [-0.15, -0.1) is 0 Å². The quantitative estimate of drug-likeness (QED) is 0.737. The lowest BCUT2D eigenvalue weighted by atomic mass is 10.1. The van der Waals surface area contributed by atoms with Crippen LogP contribution in [0.5, 0.6) is 0 Å². The minimum atomic E-state index is -0.486. The van der Waals surface area contributed by atoms with Crippen molar-refractivity contribution in [2.24, 2.45) is 5.92 Å². The maximum absolute atomic E-state index is 13.1. The average molecular weight is 390 g/mol. The van der Waals surface area contributed by atoms with Gasteiger partial charge in [-0.2, -0.15) is 0 Å². The van der Waals surface area contributed by atoms with Crippen LogP contribution in [0, 0.1) is 18.7 Å². The van der Waals surface area contributed by atoms with Crippen molar-refractivity contribution in [2.75, 3.05) is 10.2 Å². The molecule has 3 atom stereocenters. The maximum atomic E-state index is 13.1. The zero-order valence-corrected chi connectivity index (χ0v) is 15.8. The van der Waals surface area contributed by atoms with Crippen LogP contribution < -0.4 is 10.2 Å². The molecular weight excluding hydrogens is 371 g/mol. The first kappa shape index (κ1) is 17.7. The fraction of sp³-hybridized carbons (Fsp3) is 0.286. The smallest absolute Gasteiger partial charge is 0.247 e. The molecule has 1 aliphatic heterocycles. The molecule has 1 aliphatic carbocycles. The molecule has 2 aromatic heterocycles. The molecule has 7 nitrogen and oxygen atoms in total. The van der Waals surface area contributed by atoms with E-state index >= 15 is 0 Å². The first-order valence-electron chi connectivity index (χ1n) is 9.54. The molecule has 1 saturated heterocycles. The minimum absolute atomic E-state index is 0.0642. The van der Waals surface area contributed by atoms with Gasteiger partial charge in [-0.1, -0.05) is 6.07 Å². The highest BCUT2D eigenvalue weighted by Gasteiger charge is 2.54. The largest absolute Gasteiger partial charge is 0.341 e. The molecule has 0 unspecified atom stereocenters. The Morgan fingerprint density at radius 3 is 2.76 bits per heavy atom. The highest BCUT2D eigenvalue weighted by atomic mass is 19.1. The summed E-state index contributed by atoms with van der Waals surface area (Å²) in [6, 6.07) is 7.53. The number of carbonyl (C=O) groups is 1. The lowest BCUT2D eigenvalue weighted by Crippen LogP contribution is -2.42. The van der Waals surface area contributed by atoms with Crippen molar-refractivity contribution in [3.05, 3.63) is 60.6 Å². The molecule has 2 fully saturated rings. The number of carbonyl (C=O) groups excluding carboxylic acids is 1. The Balaban J connectivity index is 1.38. The third-order valence-electron chi connectivity index (χ3n) is 5.60. The third kappa shape index (κ3) is 3.30. The number of benzene rings is 1. The van der Waals surface area contributed by atoms with E-state index in [0.29, 0.717) is 23.5 Å². The van der Waals surface area contributed by atoms with E-state index in [1.165, 1.54) is 6.33 Å². The van der Waals surface area contributed by atoms with E-state index in [1.54, 1.807) is 6.20 Å². The molecular formula is C21H19FN6O. The van der Waals surface area contributed by atoms with Crippen LogP contribution in [0.2, 0.25) is 0 Å². The second-order valence-corrected chi connectivity index (χ2v) is 7.53. The van der Waals surface area contributed by atoms with Gasteiger partial charge in [0.05, 0.1) is 12.4 Å². The summed E-state index contributed by atoms with van der Waals surface area (Å²) in [6.45, 7) is 1.93. The predicted molar refractivity (Wildman–Crippen MR) is 106 cm³/mol. The van der Waals surface area contributed by atoms with Crippen molar-refractivity contribution in [1.29, 1.82) is 0 Å². The van der Waals surface area contributed by atoms with Crippen molar-refractivity contribution in [2.45, 2.75) is 31.8 Å². The monoisotopic (exact) mass is 390 g/mol. The average Bonchev–Trinajstić information content (AvgIpc) is 3.40. The number of nitrogens with one attached hydrogen (secondary N) is 1. The third-order valence-corrected chi connectivity index (χ3v) is 5.60. The number of aryl methyl sites for hydroxylation is 1. The van der Waals surface area contributed by atoms with Gasteiger partial charge in [0.2, 0.25) is 5.91 Å². The van der Waals surface area contributed by atoms with Crippen molar-refractivity contribution in [3.8, 4) is 11.4 Å². The van der Waals surface area contributed by atoms with Crippen LogP contribution in [-0.4, -0.2) is 37.9 Å². The summed E-state index contributed by atoms with van der Waals surface area (Å²) in [7, 11) is 0. The number of nitrogens with zero attached hydrogens (tertiary/aromatic N) is 5. The molecule has 146 valence electrons. The molecule has 3 aromatic rings. The molecule has 8 heteroatoms. The molecule has 1 saturated carbocycles. The SMILES string of the molecule is Cc1ccc(NC(=O)[C@@H]2C[C@H]3C[C@H]3N2c2ccncn2)cc1-c1ncc(F)cn1.